The average molecular weight is 437 g/mol. The molecule has 1 aromatic heterocycles. The van der Waals surface area contributed by atoms with E-state index < -0.39 is 17.5 Å². The molecular weight excluding hydrogens is 410 g/mol. The predicted octanol–water partition coefficient (Wildman–Crippen LogP) is 4.40. The van der Waals surface area contributed by atoms with Crippen LogP contribution in [0.5, 0.6) is 11.5 Å². The van der Waals surface area contributed by atoms with Gasteiger partial charge >= 0.3 is 11.6 Å². The summed E-state index contributed by atoms with van der Waals surface area (Å²) in [5.74, 6) is 0.153. The van der Waals surface area contributed by atoms with Crippen molar-refractivity contribution >= 4 is 22.8 Å². The standard InChI is InChI=1S/C25H27NO6/c1-3-4-13-26-24(28)21-15-18-9-12-20(16-22(18)32-25(21)29)31-23(27)6-5-14-30-19-10-7-17(2)8-11-19/h7-12,15-16H,3-6,13-14H2,1-2H3,(H,26,28). The Morgan fingerprint density at radius 2 is 1.75 bits per heavy atom. The Morgan fingerprint density at radius 1 is 1.00 bits per heavy atom. The second-order valence-corrected chi connectivity index (χ2v) is 7.50. The van der Waals surface area contributed by atoms with Crippen LogP contribution in [-0.4, -0.2) is 25.0 Å². The van der Waals surface area contributed by atoms with Gasteiger partial charge in [-0.05, 0) is 50.1 Å². The van der Waals surface area contributed by atoms with Crippen molar-refractivity contribution in [3.8, 4) is 11.5 Å². The summed E-state index contributed by atoms with van der Waals surface area (Å²) < 4.78 is 16.2. The first-order valence-electron chi connectivity index (χ1n) is 10.7. The van der Waals surface area contributed by atoms with Gasteiger partial charge in [0.1, 0.15) is 22.6 Å². The summed E-state index contributed by atoms with van der Waals surface area (Å²) in [5, 5.41) is 3.27. The minimum atomic E-state index is -0.733. The molecular formula is C25H27NO6. The Morgan fingerprint density at radius 3 is 2.50 bits per heavy atom. The second kappa shape index (κ2) is 11.1. The molecule has 1 amide bonds. The summed E-state index contributed by atoms with van der Waals surface area (Å²) in [4.78, 5) is 36.5. The number of benzene rings is 2. The van der Waals surface area contributed by atoms with Crippen molar-refractivity contribution in [3.05, 3.63) is 70.1 Å². The maximum absolute atomic E-state index is 12.2. The van der Waals surface area contributed by atoms with Crippen molar-refractivity contribution in [2.75, 3.05) is 13.2 Å². The molecule has 1 heterocycles. The Bertz CT molecular complexity index is 1130. The van der Waals surface area contributed by atoms with Gasteiger partial charge in [0.15, 0.2) is 0 Å². The molecule has 0 bridgehead atoms. The predicted molar refractivity (Wildman–Crippen MR) is 121 cm³/mol. The van der Waals surface area contributed by atoms with E-state index in [9.17, 15) is 14.4 Å². The van der Waals surface area contributed by atoms with Gasteiger partial charge in [-0.2, -0.15) is 0 Å². The number of amides is 1. The molecule has 0 saturated carbocycles. The lowest BCUT2D eigenvalue weighted by Gasteiger charge is -2.08. The third-order valence-corrected chi connectivity index (χ3v) is 4.81. The van der Waals surface area contributed by atoms with Crippen molar-refractivity contribution in [1.29, 1.82) is 0 Å². The fourth-order valence-electron chi connectivity index (χ4n) is 3.01. The number of hydrogen-bond acceptors (Lipinski definition) is 6. The van der Waals surface area contributed by atoms with Crippen LogP contribution in [0.3, 0.4) is 0 Å². The molecule has 0 radical (unpaired) electrons. The summed E-state index contributed by atoms with van der Waals surface area (Å²) >= 11 is 0. The molecule has 0 aliphatic heterocycles. The highest BCUT2D eigenvalue weighted by Crippen LogP contribution is 2.21. The quantitative estimate of drug-likeness (QED) is 0.219. The van der Waals surface area contributed by atoms with Crippen molar-refractivity contribution in [2.45, 2.75) is 39.5 Å². The highest BCUT2D eigenvalue weighted by molar-refractivity contribution is 5.96. The van der Waals surface area contributed by atoms with Gasteiger partial charge in [0, 0.05) is 24.4 Å². The van der Waals surface area contributed by atoms with Crippen LogP contribution in [0.15, 0.2) is 57.7 Å². The lowest BCUT2D eigenvalue weighted by molar-refractivity contribution is -0.134. The number of aryl methyl sites for hydroxylation is 1. The summed E-state index contributed by atoms with van der Waals surface area (Å²) in [7, 11) is 0. The van der Waals surface area contributed by atoms with Gasteiger partial charge in [0.05, 0.1) is 6.61 Å². The summed E-state index contributed by atoms with van der Waals surface area (Å²) in [6.07, 6.45) is 2.46. The Balaban J connectivity index is 1.55. The van der Waals surface area contributed by atoms with E-state index in [0.29, 0.717) is 25.0 Å². The van der Waals surface area contributed by atoms with E-state index >= 15 is 0 Å². The van der Waals surface area contributed by atoms with Gasteiger partial charge in [-0.25, -0.2) is 4.79 Å². The molecule has 0 atom stereocenters. The molecule has 1 N–H and O–H groups in total. The smallest absolute Gasteiger partial charge is 0.349 e. The van der Waals surface area contributed by atoms with Crippen molar-refractivity contribution in [2.24, 2.45) is 0 Å². The average Bonchev–Trinajstić information content (AvgIpc) is 2.77. The first-order valence-corrected chi connectivity index (χ1v) is 10.7. The van der Waals surface area contributed by atoms with Gasteiger partial charge in [-0.1, -0.05) is 31.0 Å². The van der Waals surface area contributed by atoms with E-state index in [1.807, 2.05) is 38.1 Å². The minimum Gasteiger partial charge on any atom is -0.494 e. The van der Waals surface area contributed by atoms with Gasteiger partial charge in [0.2, 0.25) is 0 Å². The SMILES string of the molecule is CCCCNC(=O)c1cc2ccc(OC(=O)CCCOc3ccc(C)cc3)cc2oc1=O. The summed E-state index contributed by atoms with van der Waals surface area (Å²) in [5.41, 5.74) is 0.613. The third-order valence-electron chi connectivity index (χ3n) is 4.81. The Hall–Kier alpha value is -3.61. The number of ether oxygens (including phenoxy) is 2. The molecule has 3 aromatic rings. The molecule has 0 aliphatic carbocycles. The van der Waals surface area contributed by atoms with Crippen LogP contribution in [0.25, 0.3) is 11.0 Å². The lowest BCUT2D eigenvalue weighted by Crippen LogP contribution is -2.28. The summed E-state index contributed by atoms with van der Waals surface area (Å²) in [6, 6.07) is 13.9. The number of carbonyl (C=O) groups is 2. The second-order valence-electron chi connectivity index (χ2n) is 7.50. The largest absolute Gasteiger partial charge is 0.494 e. The first-order chi connectivity index (χ1) is 15.5. The van der Waals surface area contributed by atoms with Crippen LogP contribution in [0.1, 0.15) is 48.5 Å². The van der Waals surface area contributed by atoms with Gasteiger partial charge < -0.3 is 19.2 Å². The fourth-order valence-corrected chi connectivity index (χ4v) is 3.01. The zero-order valence-corrected chi connectivity index (χ0v) is 18.3. The number of rotatable bonds is 10. The number of unbranched alkanes of at least 4 members (excludes halogenated alkanes) is 1. The third kappa shape index (κ3) is 6.44. The molecule has 32 heavy (non-hydrogen) atoms. The first kappa shape index (κ1) is 23.1. The molecule has 0 unspecified atom stereocenters. The van der Waals surface area contributed by atoms with Crippen LogP contribution < -0.4 is 20.4 Å². The van der Waals surface area contributed by atoms with E-state index in [0.717, 1.165) is 24.2 Å². The molecule has 168 valence electrons. The fraction of sp³-hybridized carbons (Fsp3) is 0.320. The number of nitrogens with one attached hydrogen (secondary N) is 1. The molecule has 7 heteroatoms. The van der Waals surface area contributed by atoms with Crippen LogP contribution in [0.2, 0.25) is 0 Å². The molecule has 7 nitrogen and oxygen atoms in total. The van der Waals surface area contributed by atoms with Gasteiger partial charge in [0.25, 0.3) is 5.91 Å². The van der Waals surface area contributed by atoms with Crippen LogP contribution in [-0.2, 0) is 4.79 Å². The molecule has 2 aromatic carbocycles. The summed E-state index contributed by atoms with van der Waals surface area (Å²) in [6.45, 7) is 4.91. The van der Waals surface area contributed by atoms with E-state index in [2.05, 4.69) is 5.32 Å². The van der Waals surface area contributed by atoms with E-state index in [1.165, 1.54) is 12.1 Å². The molecule has 0 saturated heterocycles. The van der Waals surface area contributed by atoms with Crippen LogP contribution in [0, 0.1) is 6.92 Å². The van der Waals surface area contributed by atoms with E-state index in [4.69, 9.17) is 13.9 Å². The number of fused-ring (bicyclic) bond motifs is 1. The van der Waals surface area contributed by atoms with Gasteiger partial charge in [-0.15, -0.1) is 0 Å². The molecule has 3 rings (SSSR count). The zero-order valence-electron chi connectivity index (χ0n) is 18.3. The normalized spacial score (nSPS) is 10.7. The number of esters is 1. The van der Waals surface area contributed by atoms with Gasteiger partial charge in [-0.3, -0.25) is 9.59 Å². The highest BCUT2D eigenvalue weighted by Gasteiger charge is 2.14. The topological polar surface area (TPSA) is 94.8 Å². The van der Waals surface area contributed by atoms with E-state index in [1.54, 1.807) is 12.1 Å². The van der Waals surface area contributed by atoms with Crippen molar-refractivity contribution < 1.29 is 23.5 Å². The number of hydrogen-bond donors (Lipinski definition) is 1. The van der Waals surface area contributed by atoms with Crippen molar-refractivity contribution in [3.63, 3.8) is 0 Å². The lowest BCUT2D eigenvalue weighted by atomic mass is 10.1. The zero-order chi connectivity index (χ0) is 22.9. The molecule has 0 spiro atoms. The Kier molecular flexibility index (Phi) is 8.02. The number of carbonyl (C=O) groups excluding carboxylic acids is 2. The van der Waals surface area contributed by atoms with Crippen molar-refractivity contribution in [1.82, 2.24) is 5.32 Å². The highest BCUT2D eigenvalue weighted by atomic mass is 16.5. The maximum atomic E-state index is 12.2. The maximum Gasteiger partial charge on any atom is 0.349 e. The van der Waals surface area contributed by atoms with Crippen LogP contribution >= 0.6 is 0 Å². The monoisotopic (exact) mass is 437 g/mol. The van der Waals surface area contributed by atoms with Crippen LogP contribution in [0.4, 0.5) is 0 Å². The minimum absolute atomic E-state index is 0.0491. The molecule has 0 fully saturated rings. The molecule has 0 aliphatic rings. The van der Waals surface area contributed by atoms with E-state index in [-0.39, 0.29) is 23.3 Å². The Labute approximate surface area is 186 Å².